The molecule has 0 N–H and O–H groups in total. The van der Waals surface area contributed by atoms with Gasteiger partial charge in [0.15, 0.2) is 0 Å². The molecule has 0 heterocycles. The van der Waals surface area contributed by atoms with E-state index in [9.17, 15) is 4.55 Å². The van der Waals surface area contributed by atoms with Gasteiger partial charge >= 0.3 is 0 Å². The van der Waals surface area contributed by atoms with Crippen LogP contribution in [0.2, 0.25) is 0 Å². The molecule has 0 spiro atoms. The van der Waals surface area contributed by atoms with Crippen LogP contribution in [0.15, 0.2) is 24.3 Å². The molecular formula is C9H9NOS. The van der Waals surface area contributed by atoms with Gasteiger partial charge in [0.1, 0.15) is 5.75 Å². The van der Waals surface area contributed by atoms with Crippen LogP contribution < -0.4 is 0 Å². The minimum absolute atomic E-state index is 0.561. The highest BCUT2D eigenvalue weighted by molar-refractivity contribution is 7.89. The molecule has 1 unspecified atom stereocenters. The third kappa shape index (κ3) is 2.57. The zero-order chi connectivity index (χ0) is 8.97. The average molecular weight is 179 g/mol. The van der Waals surface area contributed by atoms with Crippen LogP contribution in [0.25, 0.3) is 0 Å². The van der Waals surface area contributed by atoms with Crippen LogP contribution in [-0.4, -0.2) is 10.8 Å². The van der Waals surface area contributed by atoms with E-state index >= 15 is 0 Å². The van der Waals surface area contributed by atoms with Crippen molar-refractivity contribution in [3.05, 3.63) is 35.4 Å². The molecule has 3 heteroatoms. The number of hydrogen-bond acceptors (Lipinski definition) is 2. The van der Waals surface area contributed by atoms with E-state index in [4.69, 9.17) is 5.26 Å². The maximum atomic E-state index is 10.8. The summed E-state index contributed by atoms with van der Waals surface area (Å²) >= 11 is -0.808. The fourth-order valence-electron chi connectivity index (χ4n) is 0.910. The summed E-state index contributed by atoms with van der Waals surface area (Å²) in [6.07, 6.45) is 1.66. The van der Waals surface area contributed by atoms with Crippen molar-refractivity contribution in [3.8, 4) is 6.07 Å². The molecular weight excluding hydrogens is 170 g/mol. The Morgan fingerprint density at radius 3 is 2.42 bits per heavy atom. The standard InChI is InChI=1S/C9H9NOS/c1-12(11)7-9-4-2-8(6-10)3-5-9/h2-5H,7H2,1H3. The zero-order valence-electron chi connectivity index (χ0n) is 6.78. The van der Waals surface area contributed by atoms with Crippen LogP contribution in [0.1, 0.15) is 11.1 Å². The molecule has 0 amide bonds. The van der Waals surface area contributed by atoms with Gasteiger partial charge in [0, 0.05) is 5.56 Å². The second-order valence-electron chi connectivity index (χ2n) is 2.53. The van der Waals surface area contributed by atoms with Crippen molar-refractivity contribution in [2.45, 2.75) is 5.75 Å². The van der Waals surface area contributed by atoms with Gasteiger partial charge in [0.25, 0.3) is 0 Å². The quantitative estimate of drug-likeness (QED) is 0.645. The molecule has 0 aliphatic heterocycles. The van der Waals surface area contributed by atoms with E-state index in [1.807, 2.05) is 18.2 Å². The Hall–Kier alpha value is -0.980. The average Bonchev–Trinajstić information content (AvgIpc) is 2.05. The fourth-order valence-corrected chi connectivity index (χ4v) is 1.57. The van der Waals surface area contributed by atoms with Crippen molar-refractivity contribution in [2.75, 3.05) is 6.26 Å². The summed E-state index contributed by atoms with van der Waals surface area (Å²) in [6, 6.07) is 9.17. The Bertz CT molecular complexity index is 286. The van der Waals surface area contributed by atoms with Crippen LogP contribution in [0.5, 0.6) is 0 Å². The van der Waals surface area contributed by atoms with Gasteiger partial charge in [-0.1, -0.05) is 23.3 Å². The highest BCUT2D eigenvalue weighted by Gasteiger charge is 1.99. The maximum Gasteiger partial charge on any atom is 0.130 e. The summed E-state index contributed by atoms with van der Waals surface area (Å²) in [4.78, 5) is 0. The van der Waals surface area contributed by atoms with E-state index in [-0.39, 0.29) is 0 Å². The molecule has 0 aliphatic rings. The predicted octanol–water partition coefficient (Wildman–Crippen LogP) is 1.44. The number of benzene rings is 1. The van der Waals surface area contributed by atoms with Gasteiger partial charge < -0.3 is 4.55 Å². The third-order valence-corrected chi connectivity index (χ3v) is 2.19. The lowest BCUT2D eigenvalue weighted by Gasteiger charge is -2.03. The molecule has 0 radical (unpaired) electrons. The molecule has 1 aromatic rings. The summed E-state index contributed by atoms with van der Waals surface area (Å²) in [6.45, 7) is 0. The molecule has 0 aromatic heterocycles. The van der Waals surface area contributed by atoms with Gasteiger partial charge in [-0.15, -0.1) is 0 Å². The molecule has 0 aliphatic carbocycles. The fraction of sp³-hybridized carbons (Fsp3) is 0.222. The first-order valence-electron chi connectivity index (χ1n) is 3.51. The van der Waals surface area contributed by atoms with Crippen molar-refractivity contribution in [2.24, 2.45) is 0 Å². The Kier molecular flexibility index (Phi) is 3.15. The van der Waals surface area contributed by atoms with Crippen molar-refractivity contribution in [1.29, 1.82) is 5.26 Å². The van der Waals surface area contributed by atoms with Crippen molar-refractivity contribution >= 4 is 11.2 Å². The molecule has 1 aromatic carbocycles. The van der Waals surface area contributed by atoms with Crippen molar-refractivity contribution in [3.63, 3.8) is 0 Å². The minimum atomic E-state index is -0.808. The summed E-state index contributed by atoms with van der Waals surface area (Å²) < 4.78 is 10.8. The highest BCUT2D eigenvalue weighted by atomic mass is 32.2. The predicted molar refractivity (Wildman–Crippen MR) is 48.9 cm³/mol. The van der Waals surface area contributed by atoms with Crippen molar-refractivity contribution in [1.82, 2.24) is 0 Å². The summed E-state index contributed by atoms with van der Waals surface area (Å²) in [7, 11) is 0. The molecule has 1 rings (SSSR count). The lowest BCUT2D eigenvalue weighted by Crippen LogP contribution is -2.00. The summed E-state index contributed by atoms with van der Waals surface area (Å²) in [5.74, 6) is 0.561. The molecule has 1 atom stereocenters. The first-order chi connectivity index (χ1) is 5.72. The maximum absolute atomic E-state index is 10.8. The Morgan fingerprint density at radius 1 is 1.42 bits per heavy atom. The zero-order valence-corrected chi connectivity index (χ0v) is 7.60. The molecule has 0 bridgehead atoms. The molecule has 0 fully saturated rings. The van der Waals surface area contributed by atoms with E-state index in [0.29, 0.717) is 11.3 Å². The second kappa shape index (κ2) is 4.15. The smallest absolute Gasteiger partial charge is 0.130 e. The van der Waals surface area contributed by atoms with Gasteiger partial charge in [-0.2, -0.15) is 5.26 Å². The van der Waals surface area contributed by atoms with Crippen LogP contribution in [0, 0.1) is 11.3 Å². The largest absolute Gasteiger partial charge is 0.616 e. The first-order valence-corrected chi connectivity index (χ1v) is 5.24. The van der Waals surface area contributed by atoms with Gasteiger partial charge in [0.05, 0.1) is 17.9 Å². The van der Waals surface area contributed by atoms with E-state index in [2.05, 4.69) is 0 Å². The number of nitrogens with zero attached hydrogens (tertiary/aromatic N) is 1. The van der Waals surface area contributed by atoms with Gasteiger partial charge in [-0.05, 0) is 12.1 Å². The normalized spacial score (nSPS) is 12.1. The van der Waals surface area contributed by atoms with E-state index < -0.39 is 11.2 Å². The van der Waals surface area contributed by atoms with Gasteiger partial charge in [0.2, 0.25) is 0 Å². The first kappa shape index (κ1) is 9.11. The lowest BCUT2D eigenvalue weighted by molar-refractivity contribution is 0.600. The van der Waals surface area contributed by atoms with Crippen molar-refractivity contribution < 1.29 is 4.55 Å². The SMILES string of the molecule is C[S+]([O-])Cc1ccc(C#N)cc1. The molecule has 2 nitrogen and oxygen atoms in total. The van der Waals surface area contributed by atoms with Crippen LogP contribution >= 0.6 is 0 Å². The lowest BCUT2D eigenvalue weighted by atomic mass is 10.2. The number of rotatable bonds is 2. The summed E-state index contributed by atoms with van der Waals surface area (Å²) in [5, 5.41) is 8.50. The monoisotopic (exact) mass is 179 g/mol. The molecule has 0 saturated carbocycles. The van der Waals surface area contributed by atoms with E-state index in [1.54, 1.807) is 18.4 Å². The van der Waals surface area contributed by atoms with Gasteiger partial charge in [-0.3, -0.25) is 0 Å². The van der Waals surface area contributed by atoms with E-state index in [0.717, 1.165) is 5.56 Å². The topological polar surface area (TPSA) is 46.8 Å². The Balaban J connectivity index is 2.73. The Morgan fingerprint density at radius 2 is 2.00 bits per heavy atom. The highest BCUT2D eigenvalue weighted by Crippen LogP contribution is 2.06. The second-order valence-corrected chi connectivity index (χ2v) is 3.96. The number of hydrogen-bond donors (Lipinski definition) is 0. The van der Waals surface area contributed by atoms with Crippen LogP contribution in [-0.2, 0) is 16.9 Å². The molecule has 62 valence electrons. The molecule has 0 saturated heterocycles. The van der Waals surface area contributed by atoms with E-state index in [1.165, 1.54) is 0 Å². The van der Waals surface area contributed by atoms with Crippen LogP contribution in [0.4, 0.5) is 0 Å². The minimum Gasteiger partial charge on any atom is -0.616 e. The Labute approximate surface area is 75.0 Å². The number of nitriles is 1. The third-order valence-electron chi connectivity index (χ3n) is 1.45. The summed E-state index contributed by atoms with van der Waals surface area (Å²) in [5.41, 5.74) is 1.65. The van der Waals surface area contributed by atoms with Crippen LogP contribution in [0.3, 0.4) is 0 Å². The molecule has 12 heavy (non-hydrogen) atoms. The van der Waals surface area contributed by atoms with Gasteiger partial charge in [-0.25, -0.2) is 0 Å².